The third-order valence-electron chi connectivity index (χ3n) is 7.71. The molecule has 1 aliphatic carbocycles. The van der Waals surface area contributed by atoms with Gasteiger partial charge in [0.05, 0.1) is 5.69 Å². The van der Waals surface area contributed by atoms with Crippen LogP contribution >= 0.6 is 0 Å². The number of nitrogens with zero attached hydrogens (tertiary/aromatic N) is 3. The number of hydrogen-bond acceptors (Lipinski definition) is 5. The van der Waals surface area contributed by atoms with Gasteiger partial charge in [-0.1, -0.05) is 0 Å². The molecule has 3 fully saturated rings. The van der Waals surface area contributed by atoms with Crippen molar-refractivity contribution in [1.29, 1.82) is 0 Å². The maximum Gasteiger partial charge on any atom is 0.420 e. The standard InChI is InChI=1S/C25H29F5N4O/c1-14-20(8-18(26)9-22(14)27)23-10-21(25(28,29)30)24(33-32-23)31-19-6-16-12-34(13-17(16)7-19)11-15-2-4-35-5-3-15/h8-10,15-17,19H,2-7,11-13H2,1H3,(H,31,33)/t16-,17+,19-. The molecule has 5 rings (SSSR count). The van der Waals surface area contributed by atoms with E-state index in [4.69, 9.17) is 4.74 Å². The fourth-order valence-corrected chi connectivity index (χ4v) is 5.91. The Morgan fingerprint density at radius 2 is 1.71 bits per heavy atom. The maximum atomic E-state index is 13.9. The van der Waals surface area contributed by atoms with Crippen LogP contribution < -0.4 is 5.32 Å². The van der Waals surface area contributed by atoms with Gasteiger partial charge in [0.1, 0.15) is 17.2 Å². The SMILES string of the molecule is Cc1c(F)cc(F)cc1-c1cc(C(F)(F)F)c(N[C@@H]2C[C@@H]3CN(CC4CCOCC4)C[C@@H]3C2)nn1. The monoisotopic (exact) mass is 496 g/mol. The highest BCUT2D eigenvalue weighted by molar-refractivity contribution is 5.66. The van der Waals surface area contributed by atoms with Crippen molar-refractivity contribution in [1.82, 2.24) is 15.1 Å². The number of benzene rings is 1. The van der Waals surface area contributed by atoms with Crippen LogP contribution in [0, 0.1) is 36.3 Å². The summed E-state index contributed by atoms with van der Waals surface area (Å²) in [5.74, 6) is -0.502. The van der Waals surface area contributed by atoms with Gasteiger partial charge in [-0.3, -0.25) is 0 Å². The second kappa shape index (κ2) is 9.61. The summed E-state index contributed by atoms with van der Waals surface area (Å²) in [5, 5.41) is 10.7. The first-order valence-electron chi connectivity index (χ1n) is 12.1. The lowest BCUT2D eigenvalue weighted by Gasteiger charge is -2.28. The minimum absolute atomic E-state index is 0.0171. The van der Waals surface area contributed by atoms with Crippen molar-refractivity contribution in [3.8, 4) is 11.3 Å². The van der Waals surface area contributed by atoms with Gasteiger partial charge >= 0.3 is 6.18 Å². The third kappa shape index (κ3) is 5.28. The molecular weight excluding hydrogens is 467 g/mol. The summed E-state index contributed by atoms with van der Waals surface area (Å²) in [5.41, 5.74) is -1.23. The normalized spacial score (nSPS) is 25.7. The van der Waals surface area contributed by atoms with Crippen molar-refractivity contribution in [3.63, 3.8) is 0 Å². The molecule has 3 aliphatic rings. The molecule has 1 saturated carbocycles. The van der Waals surface area contributed by atoms with E-state index in [9.17, 15) is 22.0 Å². The van der Waals surface area contributed by atoms with Gasteiger partial charge in [0.15, 0.2) is 5.82 Å². The highest BCUT2D eigenvalue weighted by atomic mass is 19.4. The number of nitrogens with one attached hydrogen (secondary N) is 1. The Kier molecular flexibility index (Phi) is 6.69. The van der Waals surface area contributed by atoms with Crippen molar-refractivity contribution >= 4 is 5.82 Å². The Morgan fingerprint density at radius 1 is 1.03 bits per heavy atom. The average Bonchev–Trinajstić information content (AvgIpc) is 3.34. The summed E-state index contributed by atoms with van der Waals surface area (Å²) in [4.78, 5) is 2.50. The first-order valence-corrected chi connectivity index (χ1v) is 12.1. The van der Waals surface area contributed by atoms with Crippen molar-refractivity contribution in [2.75, 3.05) is 38.2 Å². The number of fused-ring (bicyclic) bond motifs is 1. The molecule has 35 heavy (non-hydrogen) atoms. The van der Waals surface area contributed by atoms with Crippen LogP contribution in [-0.4, -0.2) is 54.0 Å². The summed E-state index contributed by atoms with van der Waals surface area (Å²) < 4.78 is 74.8. The van der Waals surface area contributed by atoms with E-state index in [-0.39, 0.29) is 28.7 Å². The van der Waals surface area contributed by atoms with Gasteiger partial charge in [-0.2, -0.15) is 13.2 Å². The van der Waals surface area contributed by atoms with E-state index in [0.29, 0.717) is 23.8 Å². The molecule has 1 aromatic carbocycles. The summed E-state index contributed by atoms with van der Waals surface area (Å²) in [6.07, 6.45) is -0.949. The highest BCUT2D eigenvalue weighted by Gasteiger charge is 2.43. The van der Waals surface area contributed by atoms with E-state index >= 15 is 0 Å². The Balaban J connectivity index is 1.28. The molecule has 10 heteroatoms. The minimum atomic E-state index is -4.69. The van der Waals surface area contributed by atoms with Crippen LogP contribution in [0.5, 0.6) is 0 Å². The number of anilines is 1. The highest BCUT2D eigenvalue weighted by Crippen LogP contribution is 2.42. The smallest absolute Gasteiger partial charge is 0.381 e. The molecule has 1 N–H and O–H groups in total. The number of aromatic nitrogens is 2. The predicted molar refractivity (Wildman–Crippen MR) is 121 cm³/mol. The molecule has 0 unspecified atom stereocenters. The Bertz CT molecular complexity index is 1060. The van der Waals surface area contributed by atoms with E-state index in [1.54, 1.807) is 0 Å². The molecular formula is C25H29F5N4O. The summed E-state index contributed by atoms with van der Waals surface area (Å²) in [6.45, 7) is 6.04. The molecule has 3 atom stereocenters. The minimum Gasteiger partial charge on any atom is -0.381 e. The molecule has 0 amide bonds. The van der Waals surface area contributed by atoms with Crippen LogP contribution in [0.4, 0.5) is 27.8 Å². The molecule has 1 aromatic heterocycles. The van der Waals surface area contributed by atoms with E-state index in [1.165, 1.54) is 6.92 Å². The van der Waals surface area contributed by atoms with Gasteiger partial charge in [-0.25, -0.2) is 8.78 Å². The molecule has 0 spiro atoms. The third-order valence-corrected chi connectivity index (χ3v) is 7.71. The Morgan fingerprint density at radius 3 is 2.37 bits per heavy atom. The molecule has 0 radical (unpaired) electrons. The topological polar surface area (TPSA) is 50.3 Å². The van der Waals surface area contributed by atoms with E-state index in [1.807, 2.05) is 0 Å². The van der Waals surface area contributed by atoms with Gasteiger partial charge in [0, 0.05) is 50.5 Å². The van der Waals surface area contributed by atoms with Crippen LogP contribution in [0.15, 0.2) is 18.2 Å². The van der Waals surface area contributed by atoms with Gasteiger partial charge in [0.2, 0.25) is 0 Å². The van der Waals surface area contributed by atoms with Gasteiger partial charge in [-0.15, -0.1) is 10.2 Å². The number of halogens is 5. The van der Waals surface area contributed by atoms with E-state index in [0.717, 1.165) is 70.7 Å². The van der Waals surface area contributed by atoms with Crippen LogP contribution in [0.3, 0.4) is 0 Å². The van der Waals surface area contributed by atoms with Crippen molar-refractivity contribution in [2.24, 2.45) is 17.8 Å². The zero-order chi connectivity index (χ0) is 24.7. The van der Waals surface area contributed by atoms with Crippen molar-refractivity contribution in [3.05, 3.63) is 41.0 Å². The predicted octanol–water partition coefficient (Wildman–Crippen LogP) is 5.30. The largest absolute Gasteiger partial charge is 0.420 e. The van der Waals surface area contributed by atoms with Crippen LogP contribution in [0.1, 0.15) is 36.8 Å². The van der Waals surface area contributed by atoms with Crippen molar-refractivity contribution in [2.45, 2.75) is 44.8 Å². The van der Waals surface area contributed by atoms with Crippen molar-refractivity contribution < 1.29 is 26.7 Å². The molecule has 2 saturated heterocycles. The van der Waals surface area contributed by atoms with E-state index in [2.05, 4.69) is 20.4 Å². The number of hydrogen-bond donors (Lipinski definition) is 1. The summed E-state index contributed by atoms with van der Waals surface area (Å²) in [6, 6.07) is 2.36. The van der Waals surface area contributed by atoms with Gasteiger partial charge in [0.25, 0.3) is 0 Å². The molecule has 190 valence electrons. The second-order valence-corrected chi connectivity index (χ2v) is 10.2. The second-order valence-electron chi connectivity index (χ2n) is 10.2. The number of rotatable bonds is 5. The Labute approximate surface area is 201 Å². The molecule has 5 nitrogen and oxygen atoms in total. The van der Waals surface area contributed by atoms with Crippen LogP contribution in [-0.2, 0) is 10.9 Å². The molecule has 2 aliphatic heterocycles. The lowest BCUT2D eigenvalue weighted by molar-refractivity contribution is -0.137. The summed E-state index contributed by atoms with van der Waals surface area (Å²) in [7, 11) is 0. The van der Waals surface area contributed by atoms with Gasteiger partial charge < -0.3 is 15.0 Å². The van der Waals surface area contributed by atoms with Crippen LogP contribution in [0.25, 0.3) is 11.3 Å². The van der Waals surface area contributed by atoms with Gasteiger partial charge in [-0.05, 0) is 68.1 Å². The van der Waals surface area contributed by atoms with E-state index < -0.39 is 23.4 Å². The van der Waals surface area contributed by atoms with Crippen LogP contribution in [0.2, 0.25) is 0 Å². The molecule has 3 heterocycles. The first-order chi connectivity index (χ1) is 16.7. The number of likely N-dealkylation sites (tertiary alicyclic amines) is 1. The summed E-state index contributed by atoms with van der Waals surface area (Å²) >= 11 is 0. The fraction of sp³-hybridized carbons (Fsp3) is 0.600. The first kappa shape index (κ1) is 24.4. The molecule has 0 bridgehead atoms. The number of alkyl halides is 3. The lowest BCUT2D eigenvalue weighted by atomic mass is 10.00. The lowest BCUT2D eigenvalue weighted by Crippen LogP contribution is -2.32. The zero-order valence-electron chi connectivity index (χ0n) is 19.5. The maximum absolute atomic E-state index is 13.9. The average molecular weight is 497 g/mol. The Hall–Kier alpha value is -2.33. The quantitative estimate of drug-likeness (QED) is 0.570. The fourth-order valence-electron chi connectivity index (χ4n) is 5.91. The zero-order valence-corrected chi connectivity index (χ0v) is 19.5. The molecule has 2 aromatic rings. The number of ether oxygens (including phenoxy) is 1.